The molecule has 4 aromatic carbocycles. The molecule has 0 amide bonds. The van der Waals surface area contributed by atoms with Crippen molar-refractivity contribution in [1.29, 1.82) is 0 Å². The van der Waals surface area contributed by atoms with Gasteiger partial charge in [0.2, 0.25) is 0 Å². The van der Waals surface area contributed by atoms with Crippen LogP contribution in [0, 0.1) is 0 Å². The van der Waals surface area contributed by atoms with Crippen molar-refractivity contribution < 1.29 is 0 Å². The van der Waals surface area contributed by atoms with Gasteiger partial charge in [0, 0.05) is 24.8 Å². The highest BCUT2D eigenvalue weighted by molar-refractivity contribution is 5.86. The molecule has 0 saturated heterocycles. The molecule has 8 aromatic rings. The first-order chi connectivity index (χ1) is 27.5. The van der Waals surface area contributed by atoms with E-state index in [1.54, 1.807) is 0 Å². The van der Waals surface area contributed by atoms with E-state index in [0.29, 0.717) is 0 Å². The Labute approximate surface area is 326 Å². The van der Waals surface area contributed by atoms with Crippen molar-refractivity contribution in [2.75, 3.05) is 0 Å². The third kappa shape index (κ3) is 3.79. The largest absolute Gasteiger partial charge is 0.344 e. The lowest BCUT2D eigenvalue weighted by Gasteiger charge is -2.33. The summed E-state index contributed by atoms with van der Waals surface area (Å²) in [7, 11) is 0. The summed E-state index contributed by atoms with van der Waals surface area (Å²) < 4.78 is 0. The third-order valence-corrected chi connectivity index (χ3v) is 14.1. The van der Waals surface area contributed by atoms with Gasteiger partial charge in [-0.1, -0.05) is 125 Å². The van der Waals surface area contributed by atoms with Crippen molar-refractivity contribution in [1.82, 2.24) is 39.9 Å². The number of fused-ring (bicyclic) bond motifs is 22. The van der Waals surface area contributed by atoms with Crippen molar-refractivity contribution >= 4 is 0 Å². The molecule has 5 heterocycles. The second kappa shape index (κ2) is 11.6. The Kier molecular flexibility index (Phi) is 6.87. The monoisotopic (exact) mass is 732 g/mol. The summed E-state index contributed by atoms with van der Waals surface area (Å²) >= 11 is 0. The van der Waals surface area contributed by atoms with Crippen molar-refractivity contribution in [3.8, 4) is 22.3 Å². The highest BCUT2D eigenvalue weighted by Crippen LogP contribution is 2.58. The van der Waals surface area contributed by atoms with E-state index in [1.807, 2.05) is 0 Å². The fourth-order valence-electron chi connectivity index (χ4n) is 11.0. The van der Waals surface area contributed by atoms with Crippen molar-refractivity contribution in [3.05, 3.63) is 190 Å². The van der Waals surface area contributed by atoms with E-state index in [4.69, 9.17) is 19.9 Å². The summed E-state index contributed by atoms with van der Waals surface area (Å²) in [5.41, 5.74) is 11.2. The number of benzene rings is 4. The van der Waals surface area contributed by atoms with Crippen molar-refractivity contribution in [2.45, 2.75) is 75.0 Å². The van der Waals surface area contributed by atoms with Gasteiger partial charge in [0.15, 0.2) is 0 Å². The van der Waals surface area contributed by atoms with Gasteiger partial charge in [0.25, 0.3) is 0 Å². The van der Waals surface area contributed by atoms with E-state index in [-0.39, 0.29) is 0 Å². The molecular formula is C48H44N8. The molecule has 276 valence electrons. The van der Waals surface area contributed by atoms with Gasteiger partial charge in [-0.05, 0) is 70.2 Å². The normalized spacial score (nSPS) is 17.1. The summed E-state index contributed by atoms with van der Waals surface area (Å²) in [5, 5.41) is 0. The van der Waals surface area contributed by atoms with Gasteiger partial charge in [-0.3, -0.25) is 0 Å². The second-order valence-electron chi connectivity index (χ2n) is 15.8. The highest BCUT2D eigenvalue weighted by Gasteiger charge is 2.53. The number of rotatable bonds is 4. The number of hydrogen-bond acceptors (Lipinski definition) is 4. The quantitative estimate of drug-likeness (QED) is 0.144. The molecule has 8 nitrogen and oxygen atoms in total. The van der Waals surface area contributed by atoms with E-state index in [2.05, 4.69) is 169 Å². The topological polar surface area (TPSA) is 115 Å². The summed E-state index contributed by atoms with van der Waals surface area (Å²) in [6.45, 7) is 8.98. The Bertz CT molecular complexity index is 2430. The maximum atomic E-state index is 5.33. The molecule has 0 saturated carbocycles. The smallest absolute Gasteiger partial charge is 0.120 e. The van der Waals surface area contributed by atoms with Gasteiger partial charge in [-0.2, -0.15) is 0 Å². The number of H-pyrrole nitrogens is 4. The maximum Gasteiger partial charge on any atom is 0.120 e. The number of hydrogen-bond donors (Lipinski definition) is 4. The molecule has 1 aliphatic heterocycles. The molecule has 2 aliphatic carbocycles. The predicted molar refractivity (Wildman–Crippen MR) is 219 cm³/mol. The van der Waals surface area contributed by atoms with Gasteiger partial charge in [-0.25, -0.2) is 19.9 Å². The molecule has 4 aromatic heterocycles. The van der Waals surface area contributed by atoms with Gasteiger partial charge >= 0.3 is 0 Å². The van der Waals surface area contributed by atoms with Crippen LogP contribution in [0.5, 0.6) is 0 Å². The van der Waals surface area contributed by atoms with Crippen LogP contribution in [0.15, 0.2) is 122 Å². The fraction of sp³-hybridized carbons (Fsp3) is 0.250. The first-order valence-corrected chi connectivity index (χ1v) is 20.1. The molecule has 0 radical (unpaired) electrons. The van der Waals surface area contributed by atoms with E-state index in [1.165, 1.54) is 44.5 Å². The lowest BCUT2D eigenvalue weighted by atomic mass is 9.72. The standard InChI is InChI=1S/C48H44N8/c1-5-45(6-2)41-49-25-37(53-41)47(33-21-13-9-17-29(33)30-18-10-14-22-34(30)47)39-27-51-43(55-39)46(7-3,8-4)44-52-28-40(56-44)48(38-26-50-42(45)54-38)35-23-15-11-19-31(35)32-20-12-16-24-36(32)48/h9-28H,5-8H2,1-4H3,(H,49,53)(H,50,54)(H,51,55)(H,52,56). The average molecular weight is 733 g/mol. The van der Waals surface area contributed by atoms with Crippen LogP contribution in [-0.2, 0) is 21.7 Å². The van der Waals surface area contributed by atoms with Crippen LogP contribution in [0.25, 0.3) is 22.3 Å². The molecule has 0 unspecified atom stereocenters. The summed E-state index contributed by atoms with van der Waals surface area (Å²) in [5.74, 6) is 3.59. The Balaban J connectivity index is 1.26. The molecule has 56 heavy (non-hydrogen) atoms. The first-order valence-electron chi connectivity index (χ1n) is 20.1. The van der Waals surface area contributed by atoms with E-state index < -0.39 is 21.7 Å². The SMILES string of the molecule is CCC1(CC)c2ncc([nH]2)C2(c3cnc([nH]3)C(CC)(CC)c3ncc([nH]3)C3(c4cnc1[nH]4)c1ccccc1-c1ccccc13)c1ccccc1-c1ccccc12. The second-order valence-corrected chi connectivity index (χ2v) is 15.8. The van der Waals surface area contributed by atoms with E-state index in [0.717, 1.165) is 71.8 Å². The van der Waals surface area contributed by atoms with Crippen LogP contribution in [0.4, 0.5) is 0 Å². The zero-order valence-electron chi connectivity index (χ0n) is 32.2. The number of imidazole rings is 4. The summed E-state index contributed by atoms with van der Waals surface area (Å²) in [4.78, 5) is 37.3. The molecular weight excluding hydrogens is 689 g/mol. The zero-order chi connectivity index (χ0) is 37.9. The minimum Gasteiger partial charge on any atom is -0.344 e. The van der Waals surface area contributed by atoms with Gasteiger partial charge in [0.1, 0.15) is 34.1 Å². The van der Waals surface area contributed by atoms with Gasteiger partial charge in [-0.15, -0.1) is 0 Å². The lowest BCUT2D eigenvalue weighted by molar-refractivity contribution is 0.425. The predicted octanol–water partition coefficient (Wildman–Crippen LogP) is 9.83. The molecule has 11 rings (SSSR count). The van der Waals surface area contributed by atoms with Crippen LogP contribution < -0.4 is 0 Å². The molecule has 2 spiro atoms. The average Bonchev–Trinajstić information content (AvgIpc) is 4.12. The molecule has 0 atom stereocenters. The maximum absolute atomic E-state index is 5.33. The van der Waals surface area contributed by atoms with Crippen LogP contribution in [0.3, 0.4) is 0 Å². The molecule has 0 fully saturated rings. The van der Waals surface area contributed by atoms with Gasteiger partial charge in [0.05, 0.1) is 33.6 Å². The molecule has 4 N–H and O–H groups in total. The van der Waals surface area contributed by atoms with Crippen molar-refractivity contribution in [3.63, 3.8) is 0 Å². The van der Waals surface area contributed by atoms with Crippen LogP contribution in [0.1, 0.15) is 122 Å². The Morgan fingerprint density at radius 2 is 0.589 bits per heavy atom. The third-order valence-electron chi connectivity index (χ3n) is 14.1. The van der Waals surface area contributed by atoms with E-state index in [9.17, 15) is 0 Å². The first kappa shape index (κ1) is 33.1. The summed E-state index contributed by atoms with van der Waals surface area (Å²) in [6.07, 6.45) is 11.4. The number of aromatic amines is 4. The van der Waals surface area contributed by atoms with E-state index >= 15 is 0 Å². The minimum absolute atomic E-state index is 0.525. The van der Waals surface area contributed by atoms with Crippen LogP contribution in [-0.4, -0.2) is 39.9 Å². The number of nitrogens with one attached hydrogen (secondary N) is 4. The zero-order valence-corrected chi connectivity index (χ0v) is 32.2. The molecule has 8 bridgehead atoms. The Hall–Kier alpha value is -6.28. The van der Waals surface area contributed by atoms with Crippen LogP contribution >= 0.6 is 0 Å². The lowest BCUT2D eigenvalue weighted by Crippen LogP contribution is -2.34. The molecule has 8 heteroatoms. The highest BCUT2D eigenvalue weighted by atomic mass is 15.1. The van der Waals surface area contributed by atoms with Gasteiger partial charge < -0.3 is 19.9 Å². The fourth-order valence-corrected chi connectivity index (χ4v) is 11.0. The van der Waals surface area contributed by atoms with Crippen molar-refractivity contribution in [2.24, 2.45) is 0 Å². The van der Waals surface area contributed by atoms with Crippen LogP contribution in [0.2, 0.25) is 0 Å². The number of aromatic nitrogens is 8. The Morgan fingerprint density at radius 1 is 0.357 bits per heavy atom. The Morgan fingerprint density at radius 3 is 0.821 bits per heavy atom. The minimum atomic E-state index is -0.717. The number of nitrogens with zero attached hydrogens (tertiary/aromatic N) is 4. The summed E-state index contributed by atoms with van der Waals surface area (Å²) in [6, 6.07) is 35.2. The molecule has 3 aliphatic rings.